The number of benzene rings is 2. The molecule has 0 aromatic heterocycles. The molecule has 2 nitrogen and oxygen atoms in total. The van der Waals surface area contributed by atoms with Crippen LogP contribution in [0, 0.1) is 3.57 Å². The van der Waals surface area contributed by atoms with Gasteiger partial charge in [0.15, 0.2) is 0 Å². The Kier molecular flexibility index (Phi) is 3.55. The number of aryl methyl sites for hydroxylation is 1. The molecule has 19 heavy (non-hydrogen) atoms. The molecular weight excluding hydrogens is 349 g/mol. The lowest BCUT2D eigenvalue weighted by atomic mass is 10.1. The highest BCUT2D eigenvalue weighted by Gasteiger charge is 2.23. The molecule has 0 saturated carbocycles. The summed E-state index contributed by atoms with van der Waals surface area (Å²) in [6.07, 6.45) is 2.04. The highest BCUT2D eigenvalue weighted by molar-refractivity contribution is 14.1. The Balaban J connectivity index is 1.78. The third kappa shape index (κ3) is 2.66. The van der Waals surface area contributed by atoms with Crippen LogP contribution in [0.2, 0.25) is 0 Å². The molecule has 2 aromatic rings. The van der Waals surface area contributed by atoms with Crippen molar-refractivity contribution in [3.63, 3.8) is 0 Å². The van der Waals surface area contributed by atoms with Crippen molar-refractivity contribution in [2.45, 2.75) is 18.9 Å². The Morgan fingerprint density at radius 3 is 2.84 bits per heavy atom. The van der Waals surface area contributed by atoms with E-state index in [4.69, 9.17) is 0 Å². The van der Waals surface area contributed by atoms with Crippen LogP contribution in [0.5, 0.6) is 0 Å². The van der Waals surface area contributed by atoms with Crippen molar-refractivity contribution in [1.82, 2.24) is 5.32 Å². The predicted molar refractivity (Wildman–Crippen MR) is 84.1 cm³/mol. The van der Waals surface area contributed by atoms with Crippen molar-refractivity contribution in [3.8, 4) is 0 Å². The normalized spacial score (nSPS) is 17.0. The Morgan fingerprint density at radius 1 is 1.16 bits per heavy atom. The van der Waals surface area contributed by atoms with Crippen LogP contribution >= 0.6 is 22.6 Å². The van der Waals surface area contributed by atoms with Gasteiger partial charge in [-0.3, -0.25) is 4.79 Å². The Morgan fingerprint density at radius 2 is 2.00 bits per heavy atom. The molecule has 0 heterocycles. The quantitative estimate of drug-likeness (QED) is 0.810. The van der Waals surface area contributed by atoms with E-state index >= 15 is 0 Å². The summed E-state index contributed by atoms with van der Waals surface area (Å²) in [5.74, 6) is 0.0141. The molecule has 0 radical (unpaired) electrons. The Bertz CT molecular complexity index is 624. The lowest BCUT2D eigenvalue weighted by molar-refractivity contribution is 0.0936. The van der Waals surface area contributed by atoms with Gasteiger partial charge in [-0.15, -0.1) is 0 Å². The molecule has 96 valence electrons. The summed E-state index contributed by atoms with van der Waals surface area (Å²) in [7, 11) is 0. The number of carbonyl (C=O) groups excluding carboxylic acids is 1. The summed E-state index contributed by atoms with van der Waals surface area (Å²) >= 11 is 2.22. The fraction of sp³-hybridized carbons (Fsp3) is 0.188. The zero-order chi connectivity index (χ0) is 13.2. The van der Waals surface area contributed by atoms with Gasteiger partial charge in [0, 0.05) is 9.13 Å². The van der Waals surface area contributed by atoms with Crippen molar-refractivity contribution >= 4 is 28.5 Å². The molecule has 1 N–H and O–H groups in total. The van der Waals surface area contributed by atoms with E-state index in [9.17, 15) is 4.79 Å². The number of halogens is 1. The minimum Gasteiger partial charge on any atom is -0.345 e. The van der Waals surface area contributed by atoms with Crippen LogP contribution in [-0.2, 0) is 6.42 Å². The third-order valence-corrected chi connectivity index (χ3v) is 4.20. The van der Waals surface area contributed by atoms with Crippen LogP contribution < -0.4 is 5.32 Å². The maximum absolute atomic E-state index is 12.2. The van der Waals surface area contributed by atoms with Gasteiger partial charge in [0.2, 0.25) is 0 Å². The predicted octanol–water partition coefficient (Wildman–Crippen LogP) is 3.71. The van der Waals surface area contributed by atoms with Gasteiger partial charge in [0.1, 0.15) is 0 Å². The van der Waals surface area contributed by atoms with Gasteiger partial charge in [-0.05, 0) is 64.8 Å². The fourth-order valence-electron chi connectivity index (χ4n) is 2.58. The molecular formula is C16H14INO. The summed E-state index contributed by atoms with van der Waals surface area (Å²) in [5.41, 5.74) is 3.35. The second kappa shape index (κ2) is 5.33. The number of hydrogen-bond acceptors (Lipinski definition) is 1. The first-order valence-electron chi connectivity index (χ1n) is 6.38. The van der Waals surface area contributed by atoms with E-state index in [1.165, 1.54) is 11.1 Å². The van der Waals surface area contributed by atoms with E-state index in [2.05, 4.69) is 46.1 Å². The van der Waals surface area contributed by atoms with Crippen LogP contribution in [0.1, 0.15) is 33.9 Å². The largest absolute Gasteiger partial charge is 0.345 e. The zero-order valence-electron chi connectivity index (χ0n) is 10.4. The summed E-state index contributed by atoms with van der Waals surface area (Å²) in [6.45, 7) is 0. The average molecular weight is 363 g/mol. The molecule has 1 aliphatic carbocycles. The van der Waals surface area contributed by atoms with Crippen molar-refractivity contribution in [3.05, 3.63) is 68.8 Å². The van der Waals surface area contributed by atoms with Gasteiger partial charge in [-0.1, -0.05) is 30.3 Å². The van der Waals surface area contributed by atoms with Crippen LogP contribution in [0.25, 0.3) is 0 Å². The monoisotopic (exact) mass is 363 g/mol. The van der Waals surface area contributed by atoms with Crippen LogP contribution in [0.15, 0.2) is 48.5 Å². The number of nitrogens with one attached hydrogen (secondary N) is 1. The van der Waals surface area contributed by atoms with Gasteiger partial charge >= 0.3 is 0 Å². The van der Waals surface area contributed by atoms with Gasteiger partial charge < -0.3 is 5.32 Å². The minimum absolute atomic E-state index is 0.0141. The van der Waals surface area contributed by atoms with Gasteiger partial charge in [-0.2, -0.15) is 0 Å². The standard InChI is InChI=1S/C16H14INO/c17-13-6-3-5-12(10-13)16(19)18-15-9-8-11-4-1-2-7-14(11)15/h1-7,10,15H,8-9H2,(H,18,19)/t15-/m1/s1. The molecule has 0 aliphatic heterocycles. The Hall–Kier alpha value is -1.36. The second-order valence-corrected chi connectivity index (χ2v) is 6.02. The fourth-order valence-corrected chi connectivity index (χ4v) is 3.12. The van der Waals surface area contributed by atoms with Crippen LogP contribution in [-0.4, -0.2) is 5.91 Å². The van der Waals surface area contributed by atoms with E-state index in [0.29, 0.717) is 0 Å². The number of rotatable bonds is 2. The van der Waals surface area contributed by atoms with Crippen molar-refractivity contribution < 1.29 is 4.79 Å². The summed E-state index contributed by atoms with van der Waals surface area (Å²) in [4.78, 5) is 12.2. The van der Waals surface area contributed by atoms with Gasteiger partial charge in [0.05, 0.1) is 6.04 Å². The lowest BCUT2D eigenvalue weighted by Crippen LogP contribution is -2.27. The first-order chi connectivity index (χ1) is 9.24. The number of hydrogen-bond donors (Lipinski definition) is 1. The number of amides is 1. The van der Waals surface area contributed by atoms with E-state index in [1.54, 1.807) is 0 Å². The lowest BCUT2D eigenvalue weighted by Gasteiger charge is -2.14. The van der Waals surface area contributed by atoms with E-state index in [1.807, 2.05) is 30.3 Å². The highest BCUT2D eigenvalue weighted by atomic mass is 127. The van der Waals surface area contributed by atoms with Crippen molar-refractivity contribution in [1.29, 1.82) is 0 Å². The molecule has 3 rings (SSSR count). The second-order valence-electron chi connectivity index (χ2n) is 4.77. The maximum Gasteiger partial charge on any atom is 0.251 e. The molecule has 1 atom stereocenters. The van der Waals surface area contributed by atoms with Crippen LogP contribution in [0.3, 0.4) is 0 Å². The third-order valence-electron chi connectivity index (χ3n) is 3.52. The summed E-state index contributed by atoms with van der Waals surface area (Å²) in [6, 6.07) is 16.2. The maximum atomic E-state index is 12.2. The molecule has 0 spiro atoms. The average Bonchev–Trinajstić information content (AvgIpc) is 2.82. The highest BCUT2D eigenvalue weighted by Crippen LogP contribution is 2.30. The van der Waals surface area contributed by atoms with E-state index in [0.717, 1.165) is 22.0 Å². The molecule has 1 amide bonds. The molecule has 3 heteroatoms. The van der Waals surface area contributed by atoms with Gasteiger partial charge in [-0.25, -0.2) is 0 Å². The minimum atomic E-state index is 0.0141. The Labute approximate surface area is 126 Å². The van der Waals surface area contributed by atoms with Gasteiger partial charge in [0.25, 0.3) is 5.91 Å². The number of carbonyl (C=O) groups is 1. The topological polar surface area (TPSA) is 29.1 Å². The van der Waals surface area contributed by atoms with Crippen molar-refractivity contribution in [2.24, 2.45) is 0 Å². The molecule has 0 fully saturated rings. The van der Waals surface area contributed by atoms with Crippen molar-refractivity contribution in [2.75, 3.05) is 0 Å². The molecule has 2 aromatic carbocycles. The smallest absolute Gasteiger partial charge is 0.251 e. The van der Waals surface area contributed by atoms with E-state index < -0.39 is 0 Å². The first kappa shape index (κ1) is 12.7. The summed E-state index contributed by atoms with van der Waals surface area (Å²) < 4.78 is 1.08. The zero-order valence-corrected chi connectivity index (χ0v) is 12.6. The SMILES string of the molecule is O=C(N[C@@H]1CCc2ccccc21)c1cccc(I)c1. The first-order valence-corrected chi connectivity index (χ1v) is 7.46. The van der Waals surface area contributed by atoms with E-state index in [-0.39, 0.29) is 11.9 Å². The molecule has 1 aliphatic rings. The molecule has 0 saturated heterocycles. The van der Waals surface area contributed by atoms with Crippen LogP contribution in [0.4, 0.5) is 0 Å². The molecule has 0 unspecified atom stereocenters. The molecule has 0 bridgehead atoms. The number of fused-ring (bicyclic) bond motifs is 1. The summed E-state index contributed by atoms with van der Waals surface area (Å²) in [5, 5.41) is 3.14.